The number of aliphatic hydroxyl groups is 1. The van der Waals surface area contributed by atoms with Gasteiger partial charge in [0.1, 0.15) is 0 Å². The van der Waals surface area contributed by atoms with E-state index in [1.165, 1.54) is 22.6 Å². The highest BCUT2D eigenvalue weighted by Gasteiger charge is 2.20. The topological polar surface area (TPSA) is 86.7 Å². The molecule has 152 valence electrons. The molecule has 0 aliphatic carbocycles. The van der Waals surface area contributed by atoms with E-state index in [1.807, 2.05) is 12.1 Å². The predicted molar refractivity (Wildman–Crippen MR) is 111 cm³/mol. The summed E-state index contributed by atoms with van der Waals surface area (Å²) in [5.74, 6) is -0.330. The van der Waals surface area contributed by atoms with Crippen molar-refractivity contribution < 1.29 is 18.3 Å². The molecule has 2 aromatic rings. The molecule has 6 nitrogen and oxygen atoms in total. The molecule has 0 aliphatic rings. The second kappa shape index (κ2) is 9.71. The molecule has 0 unspecified atom stereocenters. The van der Waals surface area contributed by atoms with Crippen LogP contribution in [0.1, 0.15) is 41.3 Å². The zero-order chi connectivity index (χ0) is 20.7. The van der Waals surface area contributed by atoms with Crippen LogP contribution in [0.15, 0.2) is 47.4 Å². The minimum atomic E-state index is -3.82. The third kappa shape index (κ3) is 5.56. The van der Waals surface area contributed by atoms with Crippen molar-refractivity contribution in [1.29, 1.82) is 0 Å². The Hall–Kier alpha value is -2.38. The summed E-state index contributed by atoms with van der Waals surface area (Å²) in [6, 6.07) is 11.8. The molecule has 0 radical (unpaired) electrons. The van der Waals surface area contributed by atoms with Crippen LogP contribution in [0.25, 0.3) is 0 Å². The number of unbranched alkanes of at least 4 members (excludes halogenated alkanes) is 1. The Morgan fingerprint density at radius 2 is 1.82 bits per heavy atom. The van der Waals surface area contributed by atoms with Crippen LogP contribution in [-0.4, -0.2) is 44.5 Å². The molecule has 1 amide bonds. The van der Waals surface area contributed by atoms with Gasteiger partial charge in [-0.2, -0.15) is 0 Å². The van der Waals surface area contributed by atoms with Crippen molar-refractivity contribution in [1.82, 2.24) is 4.90 Å². The number of nitrogens with one attached hydrogen (secondary N) is 1. The normalized spacial score (nSPS) is 11.3. The van der Waals surface area contributed by atoms with Crippen molar-refractivity contribution in [3.63, 3.8) is 0 Å². The van der Waals surface area contributed by atoms with E-state index in [0.29, 0.717) is 16.8 Å². The first kappa shape index (κ1) is 21.9. The Kier molecular flexibility index (Phi) is 7.60. The molecule has 28 heavy (non-hydrogen) atoms. The molecule has 0 spiro atoms. The third-order valence-electron chi connectivity index (χ3n) is 4.56. The number of carbonyl (C=O) groups is 1. The molecule has 0 fully saturated rings. The minimum Gasteiger partial charge on any atom is -0.395 e. The Morgan fingerprint density at radius 1 is 1.14 bits per heavy atom. The van der Waals surface area contributed by atoms with E-state index in [4.69, 9.17) is 5.11 Å². The van der Waals surface area contributed by atoms with Crippen LogP contribution in [0.2, 0.25) is 0 Å². The number of aliphatic hydroxyl groups excluding tert-OH is 1. The van der Waals surface area contributed by atoms with Crippen LogP contribution in [0.5, 0.6) is 0 Å². The van der Waals surface area contributed by atoms with E-state index in [-0.39, 0.29) is 24.0 Å². The fraction of sp³-hybridized carbons (Fsp3) is 0.381. The van der Waals surface area contributed by atoms with E-state index in [9.17, 15) is 13.2 Å². The summed E-state index contributed by atoms with van der Waals surface area (Å²) in [5, 5.41) is 9.02. The number of rotatable bonds is 9. The maximum absolute atomic E-state index is 12.8. The van der Waals surface area contributed by atoms with Gasteiger partial charge in [-0.3, -0.25) is 9.52 Å². The second-order valence-corrected chi connectivity index (χ2v) is 8.52. The summed E-state index contributed by atoms with van der Waals surface area (Å²) in [7, 11) is -2.26. The van der Waals surface area contributed by atoms with Crippen molar-refractivity contribution in [2.75, 3.05) is 24.9 Å². The first-order valence-corrected chi connectivity index (χ1v) is 10.9. The van der Waals surface area contributed by atoms with Crippen molar-refractivity contribution in [2.45, 2.75) is 38.0 Å². The molecule has 0 heterocycles. The fourth-order valence-corrected chi connectivity index (χ4v) is 3.87. The molecule has 0 aromatic heterocycles. The molecule has 0 aliphatic heterocycles. The zero-order valence-corrected chi connectivity index (χ0v) is 17.4. The summed E-state index contributed by atoms with van der Waals surface area (Å²) < 4.78 is 28.1. The van der Waals surface area contributed by atoms with E-state index in [2.05, 4.69) is 11.6 Å². The van der Waals surface area contributed by atoms with E-state index < -0.39 is 10.0 Å². The average Bonchev–Trinajstić information content (AvgIpc) is 2.67. The number of nitrogens with zero attached hydrogens (tertiary/aromatic N) is 1. The van der Waals surface area contributed by atoms with Crippen LogP contribution in [0.4, 0.5) is 5.69 Å². The van der Waals surface area contributed by atoms with Crippen LogP contribution in [0.3, 0.4) is 0 Å². The fourth-order valence-electron chi connectivity index (χ4n) is 2.79. The standard InChI is InChI=1S/C21H28N2O4S/c1-4-5-6-17-8-10-18(11-9-17)22-28(26,27)19-12-7-16(2)20(15-19)21(25)23(3)13-14-24/h7-12,15,22,24H,4-6,13-14H2,1-3H3. The van der Waals surface area contributed by atoms with Gasteiger partial charge in [-0.25, -0.2) is 8.42 Å². The highest BCUT2D eigenvalue weighted by Crippen LogP contribution is 2.21. The number of carbonyl (C=O) groups excluding carboxylic acids is 1. The number of likely N-dealkylation sites (N-methyl/N-ethyl adjacent to an activating group) is 1. The summed E-state index contributed by atoms with van der Waals surface area (Å²) >= 11 is 0. The van der Waals surface area contributed by atoms with Gasteiger partial charge in [-0.05, 0) is 55.2 Å². The second-order valence-electron chi connectivity index (χ2n) is 6.83. The number of amides is 1. The quantitative estimate of drug-likeness (QED) is 0.672. The van der Waals surface area contributed by atoms with E-state index in [0.717, 1.165) is 19.3 Å². The third-order valence-corrected chi connectivity index (χ3v) is 5.94. The Labute approximate surface area is 167 Å². The first-order chi connectivity index (χ1) is 13.3. The molecule has 0 atom stereocenters. The number of hydrogen-bond donors (Lipinski definition) is 2. The van der Waals surface area contributed by atoms with Crippen molar-refractivity contribution in [3.05, 3.63) is 59.2 Å². The smallest absolute Gasteiger partial charge is 0.261 e. The van der Waals surface area contributed by atoms with Gasteiger partial charge in [-0.1, -0.05) is 31.5 Å². The van der Waals surface area contributed by atoms with Gasteiger partial charge in [0.2, 0.25) is 0 Å². The minimum absolute atomic E-state index is 0.0221. The molecule has 0 saturated carbocycles. The lowest BCUT2D eigenvalue weighted by molar-refractivity contribution is 0.0766. The first-order valence-electron chi connectivity index (χ1n) is 9.37. The zero-order valence-electron chi connectivity index (χ0n) is 16.6. The summed E-state index contributed by atoms with van der Waals surface area (Å²) in [6.07, 6.45) is 3.17. The number of aryl methyl sites for hydroxylation is 2. The molecule has 0 bridgehead atoms. The molecular weight excluding hydrogens is 376 g/mol. The molecule has 2 N–H and O–H groups in total. The number of anilines is 1. The molecular formula is C21H28N2O4S. The lowest BCUT2D eigenvalue weighted by Crippen LogP contribution is -2.30. The Balaban J connectivity index is 2.23. The highest BCUT2D eigenvalue weighted by molar-refractivity contribution is 7.92. The van der Waals surface area contributed by atoms with Crippen LogP contribution in [-0.2, 0) is 16.4 Å². The largest absolute Gasteiger partial charge is 0.395 e. The molecule has 0 saturated heterocycles. The average molecular weight is 405 g/mol. The van der Waals surface area contributed by atoms with E-state index >= 15 is 0 Å². The number of sulfonamides is 1. The van der Waals surface area contributed by atoms with E-state index in [1.54, 1.807) is 32.2 Å². The van der Waals surface area contributed by atoms with Gasteiger partial charge >= 0.3 is 0 Å². The van der Waals surface area contributed by atoms with Crippen molar-refractivity contribution in [2.24, 2.45) is 0 Å². The van der Waals surface area contributed by atoms with Crippen LogP contribution >= 0.6 is 0 Å². The molecule has 7 heteroatoms. The lowest BCUT2D eigenvalue weighted by Gasteiger charge is -2.18. The maximum atomic E-state index is 12.8. The maximum Gasteiger partial charge on any atom is 0.261 e. The monoisotopic (exact) mass is 404 g/mol. The lowest BCUT2D eigenvalue weighted by atomic mass is 10.1. The van der Waals surface area contributed by atoms with Gasteiger partial charge in [0.05, 0.1) is 11.5 Å². The van der Waals surface area contributed by atoms with Gasteiger partial charge in [0.15, 0.2) is 0 Å². The molecule has 2 aromatic carbocycles. The van der Waals surface area contributed by atoms with Gasteiger partial charge in [0, 0.05) is 24.8 Å². The SMILES string of the molecule is CCCCc1ccc(NS(=O)(=O)c2ccc(C)c(C(=O)N(C)CCO)c2)cc1. The number of hydrogen-bond acceptors (Lipinski definition) is 4. The van der Waals surface area contributed by atoms with Crippen molar-refractivity contribution in [3.8, 4) is 0 Å². The Morgan fingerprint density at radius 3 is 2.43 bits per heavy atom. The summed E-state index contributed by atoms with van der Waals surface area (Å²) in [5.41, 5.74) is 2.62. The molecule has 2 rings (SSSR count). The highest BCUT2D eigenvalue weighted by atomic mass is 32.2. The summed E-state index contributed by atoms with van der Waals surface area (Å²) in [6.45, 7) is 3.90. The summed E-state index contributed by atoms with van der Waals surface area (Å²) in [4.78, 5) is 13.9. The number of benzene rings is 2. The Bertz CT molecular complexity index is 909. The van der Waals surface area contributed by atoms with Gasteiger partial charge in [-0.15, -0.1) is 0 Å². The van der Waals surface area contributed by atoms with Gasteiger partial charge < -0.3 is 10.0 Å². The van der Waals surface area contributed by atoms with Crippen molar-refractivity contribution >= 4 is 21.6 Å². The van der Waals surface area contributed by atoms with Crippen LogP contribution < -0.4 is 4.72 Å². The van der Waals surface area contributed by atoms with Crippen LogP contribution in [0, 0.1) is 6.92 Å². The predicted octanol–water partition coefficient (Wildman–Crippen LogP) is 3.20. The van der Waals surface area contributed by atoms with Gasteiger partial charge in [0.25, 0.3) is 15.9 Å².